The van der Waals surface area contributed by atoms with Gasteiger partial charge >= 0.3 is 6.18 Å². The number of hydrazone groups is 1. The number of pyridine rings is 1. The van der Waals surface area contributed by atoms with Crippen molar-refractivity contribution < 1.29 is 17.9 Å². The van der Waals surface area contributed by atoms with Crippen LogP contribution >= 0.6 is 23.8 Å². The van der Waals surface area contributed by atoms with Crippen molar-refractivity contribution in [3.05, 3.63) is 58.4 Å². The molecule has 138 valence electrons. The van der Waals surface area contributed by atoms with E-state index in [0.717, 1.165) is 17.8 Å². The van der Waals surface area contributed by atoms with E-state index < -0.39 is 11.7 Å². The number of nitrogens with one attached hydrogen (secondary N) is 1. The molecule has 0 radical (unpaired) electrons. The summed E-state index contributed by atoms with van der Waals surface area (Å²) in [5.41, 5.74) is 8.57. The van der Waals surface area contributed by atoms with Gasteiger partial charge in [-0.1, -0.05) is 11.6 Å². The zero-order chi connectivity index (χ0) is 19.3. The molecule has 0 aliphatic heterocycles. The molecule has 0 bridgehead atoms. The number of hydrogen-bond donors (Lipinski definition) is 2. The van der Waals surface area contributed by atoms with Crippen LogP contribution in [0.1, 0.15) is 23.7 Å². The monoisotopic (exact) mass is 402 g/mol. The molecular formula is C16H14ClF3N4OS. The number of hydrogen-bond acceptors (Lipinski definition) is 4. The third-order valence-electron chi connectivity index (χ3n) is 3.23. The normalized spacial score (nSPS) is 12.0. The first-order chi connectivity index (χ1) is 12.2. The molecule has 0 unspecified atom stereocenters. The fourth-order valence-corrected chi connectivity index (χ4v) is 2.14. The van der Waals surface area contributed by atoms with E-state index in [1.54, 1.807) is 31.2 Å². The Morgan fingerprint density at radius 2 is 2.00 bits per heavy atom. The van der Waals surface area contributed by atoms with Crippen molar-refractivity contribution in [2.45, 2.75) is 19.7 Å². The minimum absolute atomic E-state index is 0.0604. The molecule has 10 heteroatoms. The van der Waals surface area contributed by atoms with Gasteiger partial charge in [0.1, 0.15) is 12.4 Å². The second-order valence-electron chi connectivity index (χ2n) is 5.14. The van der Waals surface area contributed by atoms with Crippen LogP contribution in [-0.2, 0) is 12.8 Å². The van der Waals surface area contributed by atoms with Crippen LogP contribution in [0.4, 0.5) is 13.2 Å². The van der Waals surface area contributed by atoms with E-state index in [4.69, 9.17) is 22.1 Å². The van der Waals surface area contributed by atoms with Gasteiger partial charge in [0.05, 0.1) is 22.0 Å². The molecule has 5 nitrogen and oxygen atoms in total. The number of alkyl halides is 3. The van der Waals surface area contributed by atoms with Gasteiger partial charge in [-0.05, 0) is 55.0 Å². The highest BCUT2D eigenvalue weighted by molar-refractivity contribution is 7.80. The zero-order valence-corrected chi connectivity index (χ0v) is 15.0. The van der Waals surface area contributed by atoms with E-state index in [9.17, 15) is 13.2 Å². The van der Waals surface area contributed by atoms with Crippen LogP contribution in [0.5, 0.6) is 5.75 Å². The number of nitrogens with two attached hydrogens (primary N) is 1. The van der Waals surface area contributed by atoms with Gasteiger partial charge in [-0.2, -0.15) is 18.3 Å². The van der Waals surface area contributed by atoms with Crippen LogP contribution in [0.2, 0.25) is 5.02 Å². The number of nitrogens with zero attached hydrogens (tertiary/aromatic N) is 2. The van der Waals surface area contributed by atoms with E-state index in [2.05, 4.69) is 27.7 Å². The number of rotatable bonds is 5. The molecule has 0 saturated heterocycles. The van der Waals surface area contributed by atoms with E-state index in [0.29, 0.717) is 11.5 Å². The molecule has 0 spiro atoms. The Kier molecular flexibility index (Phi) is 6.38. The number of halogens is 4. The molecule has 0 aliphatic carbocycles. The summed E-state index contributed by atoms with van der Waals surface area (Å²) in [6.07, 6.45) is -3.77. The van der Waals surface area contributed by atoms with E-state index in [-0.39, 0.29) is 22.4 Å². The minimum atomic E-state index is -4.49. The second kappa shape index (κ2) is 8.33. The molecule has 1 aromatic carbocycles. The summed E-state index contributed by atoms with van der Waals surface area (Å²) in [5, 5.41) is 3.95. The van der Waals surface area contributed by atoms with Crippen LogP contribution in [0.15, 0.2) is 41.6 Å². The molecule has 0 atom stereocenters. The summed E-state index contributed by atoms with van der Waals surface area (Å²) in [6, 6.07) is 7.72. The van der Waals surface area contributed by atoms with E-state index in [1.165, 1.54) is 0 Å². The smallest absolute Gasteiger partial charge is 0.417 e. The summed E-state index contributed by atoms with van der Waals surface area (Å²) < 4.78 is 43.3. The Bertz CT molecular complexity index is 825. The Morgan fingerprint density at radius 1 is 1.35 bits per heavy atom. The van der Waals surface area contributed by atoms with Crippen molar-refractivity contribution in [3.63, 3.8) is 0 Å². The molecule has 2 rings (SSSR count). The largest absolute Gasteiger partial charge is 0.487 e. The molecule has 1 heterocycles. The van der Waals surface area contributed by atoms with Crippen LogP contribution in [0.25, 0.3) is 0 Å². The zero-order valence-electron chi connectivity index (χ0n) is 13.5. The number of ether oxygens (including phenoxy) is 1. The topological polar surface area (TPSA) is 72.5 Å². The number of benzene rings is 1. The van der Waals surface area contributed by atoms with Crippen LogP contribution in [0, 0.1) is 0 Å². The predicted molar refractivity (Wildman–Crippen MR) is 97.2 cm³/mol. The van der Waals surface area contributed by atoms with Gasteiger partial charge in [0.25, 0.3) is 0 Å². The summed E-state index contributed by atoms with van der Waals surface area (Å²) in [7, 11) is 0. The Morgan fingerprint density at radius 3 is 2.54 bits per heavy atom. The van der Waals surface area contributed by atoms with Crippen molar-refractivity contribution in [2.24, 2.45) is 10.8 Å². The average Bonchev–Trinajstić information content (AvgIpc) is 2.58. The average molecular weight is 403 g/mol. The van der Waals surface area contributed by atoms with Crippen LogP contribution in [0.3, 0.4) is 0 Å². The van der Waals surface area contributed by atoms with Gasteiger partial charge in [0.15, 0.2) is 5.11 Å². The lowest BCUT2D eigenvalue weighted by atomic mass is 10.1. The third kappa shape index (κ3) is 5.57. The highest BCUT2D eigenvalue weighted by atomic mass is 35.5. The lowest BCUT2D eigenvalue weighted by Crippen LogP contribution is -2.25. The molecule has 0 aliphatic rings. The first-order valence-electron chi connectivity index (χ1n) is 7.21. The van der Waals surface area contributed by atoms with E-state index in [1.807, 2.05) is 0 Å². The van der Waals surface area contributed by atoms with E-state index >= 15 is 0 Å². The molecular weight excluding hydrogens is 389 g/mol. The summed E-state index contributed by atoms with van der Waals surface area (Å²) in [6.45, 7) is 1.71. The first-order valence-corrected chi connectivity index (χ1v) is 8.00. The Labute approximate surface area is 158 Å². The van der Waals surface area contributed by atoms with Gasteiger partial charge in [0, 0.05) is 6.20 Å². The molecule has 1 aromatic heterocycles. The van der Waals surface area contributed by atoms with Gasteiger partial charge in [-0.3, -0.25) is 10.4 Å². The quantitative estimate of drug-likeness (QED) is 0.451. The van der Waals surface area contributed by atoms with Crippen molar-refractivity contribution >= 4 is 34.6 Å². The van der Waals surface area contributed by atoms with Gasteiger partial charge in [0.2, 0.25) is 0 Å². The summed E-state index contributed by atoms with van der Waals surface area (Å²) >= 11 is 10.5. The predicted octanol–water partition coefficient (Wildman–Crippen LogP) is 3.89. The van der Waals surface area contributed by atoms with Gasteiger partial charge in [-0.25, -0.2) is 0 Å². The highest BCUT2D eigenvalue weighted by Crippen LogP contribution is 2.31. The van der Waals surface area contributed by atoms with Crippen molar-refractivity contribution in [1.82, 2.24) is 10.4 Å². The maximum absolute atomic E-state index is 12.6. The maximum Gasteiger partial charge on any atom is 0.417 e. The van der Waals surface area contributed by atoms with Gasteiger partial charge in [-0.15, -0.1) is 0 Å². The van der Waals surface area contributed by atoms with Crippen molar-refractivity contribution in [1.29, 1.82) is 0 Å². The SMILES string of the molecule is CC(=NNC(N)=S)c1ccc(OCc2ncc(C(F)(F)F)cc2Cl)cc1. The van der Waals surface area contributed by atoms with Crippen molar-refractivity contribution in [2.75, 3.05) is 0 Å². The third-order valence-corrected chi connectivity index (χ3v) is 3.64. The molecule has 0 fully saturated rings. The summed E-state index contributed by atoms with van der Waals surface area (Å²) in [4.78, 5) is 3.72. The summed E-state index contributed by atoms with van der Waals surface area (Å²) in [5.74, 6) is 0.501. The molecule has 0 saturated carbocycles. The minimum Gasteiger partial charge on any atom is -0.487 e. The van der Waals surface area contributed by atoms with Crippen molar-refractivity contribution in [3.8, 4) is 5.75 Å². The fourth-order valence-electron chi connectivity index (χ4n) is 1.88. The molecule has 0 amide bonds. The number of thiocarbonyl (C=S) groups is 1. The molecule has 3 N–H and O–H groups in total. The lowest BCUT2D eigenvalue weighted by molar-refractivity contribution is -0.137. The number of aromatic nitrogens is 1. The first kappa shape index (κ1) is 19.9. The van der Waals surface area contributed by atoms with Crippen LogP contribution < -0.4 is 15.9 Å². The lowest BCUT2D eigenvalue weighted by Gasteiger charge is -2.10. The molecule has 2 aromatic rings. The Hall–Kier alpha value is -2.39. The molecule has 26 heavy (non-hydrogen) atoms. The maximum atomic E-state index is 12.6. The second-order valence-corrected chi connectivity index (χ2v) is 5.98. The standard InChI is InChI=1S/C16H14ClF3N4OS/c1-9(23-24-15(21)26)10-2-4-12(5-3-10)25-8-14-13(17)6-11(7-22-14)16(18,19)20/h2-7H,8H2,1H3,(H3,21,24,26). The van der Waals surface area contributed by atoms with Gasteiger partial charge < -0.3 is 10.5 Å². The van der Waals surface area contributed by atoms with Crippen LogP contribution in [-0.4, -0.2) is 15.8 Å². The highest BCUT2D eigenvalue weighted by Gasteiger charge is 2.31. The fraction of sp³-hybridized carbons (Fsp3) is 0.188. The Balaban J connectivity index is 2.02.